The van der Waals surface area contributed by atoms with Gasteiger partial charge in [0, 0.05) is 32.0 Å². The van der Waals surface area contributed by atoms with Crippen molar-refractivity contribution in [1.29, 1.82) is 0 Å². The molecule has 0 bridgehead atoms. The normalized spacial score (nSPS) is 10.5. The smallest absolute Gasteiger partial charge is 0.257 e. The molecule has 0 radical (unpaired) electrons. The third kappa shape index (κ3) is 5.69. The molecule has 5 nitrogen and oxygen atoms in total. The molecule has 1 heterocycles. The van der Waals surface area contributed by atoms with E-state index in [4.69, 9.17) is 0 Å². The van der Waals surface area contributed by atoms with Crippen molar-refractivity contribution in [2.24, 2.45) is 7.05 Å². The number of rotatable bonds is 9. The van der Waals surface area contributed by atoms with Crippen LogP contribution in [0.4, 0.5) is 4.39 Å². The van der Waals surface area contributed by atoms with Crippen LogP contribution >= 0.6 is 0 Å². The SMILES string of the molecule is C=CCN(CC(=O)N(Cc1ccccc1)Cc1cccn1C)C(=O)c1ccccc1F. The summed E-state index contributed by atoms with van der Waals surface area (Å²) in [5, 5.41) is 0. The highest BCUT2D eigenvalue weighted by atomic mass is 19.1. The summed E-state index contributed by atoms with van der Waals surface area (Å²) in [5.74, 6) is -1.37. The molecule has 0 aliphatic rings. The van der Waals surface area contributed by atoms with Gasteiger partial charge in [0.1, 0.15) is 12.4 Å². The van der Waals surface area contributed by atoms with Crippen molar-refractivity contribution in [3.05, 3.63) is 108 Å². The van der Waals surface area contributed by atoms with Crippen LogP contribution in [0.3, 0.4) is 0 Å². The molecule has 0 saturated carbocycles. The zero-order chi connectivity index (χ0) is 22.2. The maximum atomic E-state index is 14.1. The van der Waals surface area contributed by atoms with Crippen LogP contribution in [0.5, 0.6) is 0 Å². The van der Waals surface area contributed by atoms with Crippen molar-refractivity contribution < 1.29 is 14.0 Å². The molecule has 31 heavy (non-hydrogen) atoms. The zero-order valence-corrected chi connectivity index (χ0v) is 17.6. The molecule has 3 rings (SSSR count). The van der Waals surface area contributed by atoms with E-state index in [2.05, 4.69) is 6.58 Å². The van der Waals surface area contributed by atoms with Crippen LogP contribution in [-0.2, 0) is 24.9 Å². The van der Waals surface area contributed by atoms with E-state index in [1.165, 1.54) is 29.2 Å². The highest BCUT2D eigenvalue weighted by Crippen LogP contribution is 2.14. The molecule has 2 aromatic carbocycles. The van der Waals surface area contributed by atoms with E-state index in [1.54, 1.807) is 11.0 Å². The molecule has 0 saturated heterocycles. The van der Waals surface area contributed by atoms with Gasteiger partial charge in [0.05, 0.1) is 12.1 Å². The standard InChI is InChI=1S/C25H26FN3O2/c1-3-15-28(25(31)22-13-7-8-14-23(22)26)19-24(30)29(17-20-10-5-4-6-11-20)18-21-12-9-16-27(21)2/h3-14,16H,1,15,17-19H2,2H3. The molecule has 0 fully saturated rings. The number of nitrogens with zero attached hydrogens (tertiary/aromatic N) is 3. The fourth-order valence-electron chi connectivity index (χ4n) is 3.34. The Morgan fingerprint density at radius 1 is 0.968 bits per heavy atom. The fraction of sp³-hybridized carbons (Fsp3) is 0.200. The van der Waals surface area contributed by atoms with Crippen LogP contribution in [0.25, 0.3) is 0 Å². The zero-order valence-electron chi connectivity index (χ0n) is 17.6. The number of benzene rings is 2. The lowest BCUT2D eigenvalue weighted by Crippen LogP contribution is -2.43. The first-order chi connectivity index (χ1) is 15.0. The van der Waals surface area contributed by atoms with Gasteiger partial charge in [-0.2, -0.15) is 0 Å². The predicted octanol–water partition coefficient (Wildman–Crippen LogP) is 4.02. The van der Waals surface area contributed by atoms with Gasteiger partial charge >= 0.3 is 0 Å². The third-order valence-electron chi connectivity index (χ3n) is 5.04. The monoisotopic (exact) mass is 419 g/mol. The first-order valence-corrected chi connectivity index (χ1v) is 10.1. The number of carbonyl (C=O) groups excluding carboxylic acids is 2. The van der Waals surface area contributed by atoms with Gasteiger partial charge in [-0.1, -0.05) is 48.5 Å². The largest absolute Gasteiger partial charge is 0.353 e. The minimum absolute atomic E-state index is 0.0609. The Kier molecular flexibility index (Phi) is 7.38. The minimum atomic E-state index is -0.612. The lowest BCUT2D eigenvalue weighted by atomic mass is 10.1. The minimum Gasteiger partial charge on any atom is -0.353 e. The number of hydrogen-bond donors (Lipinski definition) is 0. The van der Waals surface area contributed by atoms with Gasteiger partial charge in [-0.15, -0.1) is 6.58 Å². The van der Waals surface area contributed by atoms with E-state index >= 15 is 0 Å². The van der Waals surface area contributed by atoms with Crippen molar-refractivity contribution in [3.63, 3.8) is 0 Å². The van der Waals surface area contributed by atoms with Gasteiger partial charge < -0.3 is 14.4 Å². The number of amides is 2. The summed E-state index contributed by atoms with van der Waals surface area (Å²) in [6.45, 7) is 4.45. The van der Waals surface area contributed by atoms with Crippen molar-refractivity contribution in [1.82, 2.24) is 14.4 Å². The average molecular weight is 420 g/mol. The van der Waals surface area contributed by atoms with Crippen LogP contribution < -0.4 is 0 Å². The lowest BCUT2D eigenvalue weighted by Gasteiger charge is -2.27. The summed E-state index contributed by atoms with van der Waals surface area (Å²) in [6.07, 6.45) is 3.46. The van der Waals surface area contributed by atoms with Crippen LogP contribution in [0, 0.1) is 5.82 Å². The van der Waals surface area contributed by atoms with Crippen LogP contribution in [0.15, 0.2) is 85.6 Å². The van der Waals surface area contributed by atoms with E-state index in [-0.39, 0.29) is 24.6 Å². The molecule has 1 aromatic heterocycles. The molecule has 0 aliphatic heterocycles. The number of carbonyl (C=O) groups is 2. The van der Waals surface area contributed by atoms with Gasteiger partial charge in [-0.3, -0.25) is 9.59 Å². The van der Waals surface area contributed by atoms with Crippen molar-refractivity contribution in [2.75, 3.05) is 13.1 Å². The Balaban J connectivity index is 1.82. The van der Waals surface area contributed by atoms with Gasteiger partial charge in [0.25, 0.3) is 5.91 Å². The molecule has 0 N–H and O–H groups in total. The van der Waals surface area contributed by atoms with Crippen LogP contribution in [-0.4, -0.2) is 39.3 Å². The molecule has 0 atom stereocenters. The second-order valence-corrected chi connectivity index (χ2v) is 7.30. The van der Waals surface area contributed by atoms with Gasteiger partial charge in [-0.05, 0) is 29.8 Å². The molecule has 160 valence electrons. The second-order valence-electron chi connectivity index (χ2n) is 7.30. The second kappa shape index (κ2) is 10.4. The predicted molar refractivity (Wildman–Crippen MR) is 119 cm³/mol. The van der Waals surface area contributed by atoms with Crippen LogP contribution in [0.2, 0.25) is 0 Å². The Morgan fingerprint density at radius 3 is 2.32 bits per heavy atom. The summed E-state index contributed by atoms with van der Waals surface area (Å²) < 4.78 is 16.1. The van der Waals surface area contributed by atoms with Crippen molar-refractivity contribution >= 4 is 11.8 Å². The van der Waals surface area contributed by atoms with E-state index in [0.29, 0.717) is 13.1 Å². The van der Waals surface area contributed by atoms with Gasteiger partial charge in [0.2, 0.25) is 5.91 Å². The quantitative estimate of drug-likeness (QED) is 0.492. The molecule has 0 spiro atoms. The van der Waals surface area contributed by atoms with E-state index < -0.39 is 11.7 Å². The van der Waals surface area contributed by atoms with E-state index in [0.717, 1.165) is 11.3 Å². The average Bonchev–Trinajstić information content (AvgIpc) is 3.18. The summed E-state index contributed by atoms with van der Waals surface area (Å²) in [4.78, 5) is 29.2. The molecular weight excluding hydrogens is 393 g/mol. The Morgan fingerprint density at radius 2 is 1.68 bits per heavy atom. The van der Waals surface area contributed by atoms with Gasteiger partial charge in [0.15, 0.2) is 0 Å². The molecule has 0 unspecified atom stereocenters. The topological polar surface area (TPSA) is 45.6 Å². The number of halogens is 1. The molecular formula is C25H26FN3O2. The molecule has 0 aliphatic carbocycles. The molecule has 6 heteroatoms. The van der Waals surface area contributed by atoms with E-state index in [1.807, 2.05) is 60.3 Å². The first-order valence-electron chi connectivity index (χ1n) is 10.1. The van der Waals surface area contributed by atoms with Crippen molar-refractivity contribution in [2.45, 2.75) is 13.1 Å². The first kappa shape index (κ1) is 22.0. The Hall–Kier alpha value is -3.67. The highest BCUT2D eigenvalue weighted by Gasteiger charge is 2.24. The number of aryl methyl sites for hydroxylation is 1. The summed E-state index contributed by atoms with van der Waals surface area (Å²) in [6, 6.07) is 19.3. The Bertz CT molecular complexity index is 1050. The third-order valence-corrected chi connectivity index (χ3v) is 5.04. The summed E-state index contributed by atoms with van der Waals surface area (Å²) >= 11 is 0. The van der Waals surface area contributed by atoms with Gasteiger partial charge in [-0.25, -0.2) is 4.39 Å². The maximum Gasteiger partial charge on any atom is 0.257 e. The number of hydrogen-bond acceptors (Lipinski definition) is 2. The highest BCUT2D eigenvalue weighted by molar-refractivity contribution is 5.96. The fourth-order valence-corrected chi connectivity index (χ4v) is 3.34. The van der Waals surface area contributed by atoms with Crippen molar-refractivity contribution in [3.8, 4) is 0 Å². The Labute approximate surface area is 182 Å². The molecule has 3 aromatic rings. The summed E-state index contributed by atoms with van der Waals surface area (Å²) in [5.41, 5.74) is 1.90. The summed E-state index contributed by atoms with van der Waals surface area (Å²) in [7, 11) is 1.92. The number of aromatic nitrogens is 1. The maximum absolute atomic E-state index is 14.1. The van der Waals surface area contributed by atoms with E-state index in [9.17, 15) is 14.0 Å². The molecule has 2 amide bonds. The lowest BCUT2D eigenvalue weighted by molar-refractivity contribution is -0.133. The van der Waals surface area contributed by atoms with Crippen LogP contribution in [0.1, 0.15) is 21.6 Å².